The van der Waals surface area contributed by atoms with Gasteiger partial charge in [0.2, 0.25) is 0 Å². The largest absolute Gasteiger partial charge is 0.493 e. The molecule has 0 aliphatic heterocycles. The minimum atomic E-state index is 0.366. The van der Waals surface area contributed by atoms with Gasteiger partial charge in [-0.1, -0.05) is 17.2 Å². The van der Waals surface area contributed by atoms with Crippen LogP contribution in [0.3, 0.4) is 0 Å². The van der Waals surface area contributed by atoms with Crippen molar-refractivity contribution in [1.82, 2.24) is 0 Å². The summed E-state index contributed by atoms with van der Waals surface area (Å²) in [6, 6.07) is 7.75. The summed E-state index contributed by atoms with van der Waals surface area (Å²) < 4.78 is 5.32. The SMILES string of the molecule is Cc1cccc(OCCN=[N+]=[N-])c1. The van der Waals surface area contributed by atoms with Gasteiger partial charge in [-0.25, -0.2) is 0 Å². The normalized spacial score (nSPS) is 9.00. The molecule has 13 heavy (non-hydrogen) atoms. The standard InChI is InChI=1S/C9H11N3O/c1-8-3-2-4-9(7-8)13-6-5-11-12-10/h2-4,7H,5-6H2,1H3. The molecule has 0 spiro atoms. The monoisotopic (exact) mass is 177 g/mol. The number of azide groups is 1. The molecule has 0 unspecified atom stereocenters. The second-order valence-electron chi connectivity index (χ2n) is 2.62. The van der Waals surface area contributed by atoms with Gasteiger partial charge in [-0.3, -0.25) is 0 Å². The van der Waals surface area contributed by atoms with E-state index in [9.17, 15) is 0 Å². The average molecular weight is 177 g/mol. The van der Waals surface area contributed by atoms with Gasteiger partial charge in [0.15, 0.2) is 0 Å². The number of benzene rings is 1. The van der Waals surface area contributed by atoms with Crippen LogP contribution < -0.4 is 4.74 Å². The molecule has 0 saturated heterocycles. The van der Waals surface area contributed by atoms with Crippen LogP contribution in [0, 0.1) is 6.92 Å². The molecule has 1 aromatic rings. The van der Waals surface area contributed by atoms with Gasteiger partial charge in [0.1, 0.15) is 5.75 Å². The summed E-state index contributed by atoms with van der Waals surface area (Å²) in [7, 11) is 0. The number of aryl methyl sites for hydroxylation is 1. The Bertz CT molecular complexity index is 318. The molecule has 0 aromatic heterocycles. The van der Waals surface area contributed by atoms with Crippen molar-refractivity contribution in [2.75, 3.05) is 13.2 Å². The molecule has 0 aliphatic carbocycles. The smallest absolute Gasteiger partial charge is 0.119 e. The van der Waals surface area contributed by atoms with Crippen molar-refractivity contribution in [3.05, 3.63) is 40.3 Å². The zero-order chi connectivity index (χ0) is 9.52. The van der Waals surface area contributed by atoms with E-state index in [4.69, 9.17) is 10.3 Å². The Morgan fingerprint density at radius 1 is 1.54 bits per heavy atom. The van der Waals surface area contributed by atoms with Crippen molar-refractivity contribution in [2.24, 2.45) is 5.11 Å². The van der Waals surface area contributed by atoms with Crippen LogP contribution in [0.2, 0.25) is 0 Å². The number of hydrogen-bond donors (Lipinski definition) is 0. The molecule has 0 bridgehead atoms. The Labute approximate surface area is 76.8 Å². The van der Waals surface area contributed by atoms with Crippen LogP contribution >= 0.6 is 0 Å². The van der Waals surface area contributed by atoms with Crippen molar-refractivity contribution >= 4 is 0 Å². The molecular formula is C9H11N3O. The zero-order valence-electron chi connectivity index (χ0n) is 7.47. The van der Waals surface area contributed by atoms with Crippen molar-refractivity contribution in [2.45, 2.75) is 6.92 Å². The molecule has 0 saturated carbocycles. The summed E-state index contributed by atoms with van der Waals surface area (Å²) in [5.74, 6) is 0.813. The van der Waals surface area contributed by atoms with E-state index >= 15 is 0 Å². The Hall–Kier alpha value is -1.67. The molecular weight excluding hydrogens is 166 g/mol. The molecule has 1 rings (SSSR count). The second-order valence-corrected chi connectivity index (χ2v) is 2.62. The lowest BCUT2D eigenvalue weighted by Gasteiger charge is -2.03. The topological polar surface area (TPSA) is 58.0 Å². The first-order chi connectivity index (χ1) is 6.33. The third-order valence-electron chi connectivity index (χ3n) is 1.51. The lowest BCUT2D eigenvalue weighted by molar-refractivity contribution is 0.328. The lowest BCUT2D eigenvalue weighted by atomic mass is 10.2. The summed E-state index contributed by atoms with van der Waals surface area (Å²) in [5.41, 5.74) is 9.16. The minimum absolute atomic E-state index is 0.366. The maximum Gasteiger partial charge on any atom is 0.119 e. The number of nitrogens with zero attached hydrogens (tertiary/aromatic N) is 3. The van der Waals surface area contributed by atoms with Crippen LogP contribution in [0.25, 0.3) is 10.4 Å². The third-order valence-corrected chi connectivity index (χ3v) is 1.51. The molecule has 4 nitrogen and oxygen atoms in total. The number of hydrogen-bond acceptors (Lipinski definition) is 2. The highest BCUT2D eigenvalue weighted by Crippen LogP contribution is 2.11. The van der Waals surface area contributed by atoms with Crippen LogP contribution in [-0.4, -0.2) is 13.2 Å². The van der Waals surface area contributed by atoms with Crippen LogP contribution in [-0.2, 0) is 0 Å². The van der Waals surface area contributed by atoms with Crippen LogP contribution in [0.1, 0.15) is 5.56 Å². The molecule has 0 aliphatic rings. The summed E-state index contributed by atoms with van der Waals surface area (Å²) in [5, 5.41) is 3.36. The van der Waals surface area contributed by atoms with Gasteiger partial charge in [-0.2, -0.15) is 0 Å². The number of rotatable bonds is 4. The van der Waals surface area contributed by atoms with Crippen LogP contribution in [0.15, 0.2) is 29.4 Å². The molecule has 0 heterocycles. The first-order valence-electron chi connectivity index (χ1n) is 4.03. The van der Waals surface area contributed by atoms with E-state index < -0.39 is 0 Å². The summed E-state index contributed by atoms with van der Waals surface area (Å²) >= 11 is 0. The molecule has 4 heteroatoms. The van der Waals surface area contributed by atoms with Gasteiger partial charge < -0.3 is 4.74 Å². The van der Waals surface area contributed by atoms with Crippen molar-refractivity contribution in [1.29, 1.82) is 0 Å². The van der Waals surface area contributed by atoms with Crippen LogP contribution in [0.5, 0.6) is 5.75 Å². The molecule has 0 amide bonds. The minimum Gasteiger partial charge on any atom is -0.493 e. The maximum atomic E-state index is 8.01. The van der Waals surface area contributed by atoms with E-state index in [0.717, 1.165) is 11.3 Å². The van der Waals surface area contributed by atoms with E-state index in [1.165, 1.54) is 0 Å². The molecule has 1 aromatic carbocycles. The van der Waals surface area contributed by atoms with Crippen molar-refractivity contribution in [3.63, 3.8) is 0 Å². The quantitative estimate of drug-likeness (QED) is 0.302. The van der Waals surface area contributed by atoms with Gasteiger partial charge in [0.05, 0.1) is 13.2 Å². The average Bonchev–Trinajstić information content (AvgIpc) is 2.13. The molecule has 0 atom stereocenters. The van der Waals surface area contributed by atoms with E-state index in [2.05, 4.69) is 10.0 Å². The van der Waals surface area contributed by atoms with Gasteiger partial charge in [-0.05, 0) is 30.2 Å². The zero-order valence-corrected chi connectivity index (χ0v) is 7.47. The molecule has 68 valence electrons. The highest BCUT2D eigenvalue weighted by Gasteiger charge is 1.91. The summed E-state index contributed by atoms with van der Waals surface area (Å²) in [6.45, 7) is 2.79. The van der Waals surface area contributed by atoms with Gasteiger partial charge in [0, 0.05) is 4.91 Å². The molecule has 0 radical (unpaired) electrons. The summed E-state index contributed by atoms with van der Waals surface area (Å²) in [6.07, 6.45) is 0. The fourth-order valence-electron chi connectivity index (χ4n) is 0.954. The third kappa shape index (κ3) is 3.49. The Morgan fingerprint density at radius 2 is 2.38 bits per heavy atom. The van der Waals surface area contributed by atoms with E-state index in [0.29, 0.717) is 13.2 Å². The van der Waals surface area contributed by atoms with Crippen molar-refractivity contribution < 1.29 is 4.74 Å². The second kappa shape index (κ2) is 5.06. The fourth-order valence-corrected chi connectivity index (χ4v) is 0.954. The predicted molar refractivity (Wildman–Crippen MR) is 50.7 cm³/mol. The maximum absolute atomic E-state index is 8.01. The van der Waals surface area contributed by atoms with Gasteiger partial charge >= 0.3 is 0 Å². The Kier molecular flexibility index (Phi) is 3.67. The lowest BCUT2D eigenvalue weighted by Crippen LogP contribution is -1.99. The molecule has 0 fully saturated rings. The number of ether oxygens (including phenoxy) is 1. The highest BCUT2D eigenvalue weighted by molar-refractivity contribution is 5.27. The fraction of sp³-hybridized carbons (Fsp3) is 0.333. The van der Waals surface area contributed by atoms with Crippen LogP contribution in [0.4, 0.5) is 0 Å². The van der Waals surface area contributed by atoms with Gasteiger partial charge in [0.25, 0.3) is 0 Å². The first kappa shape index (κ1) is 9.42. The first-order valence-corrected chi connectivity index (χ1v) is 4.03. The van der Waals surface area contributed by atoms with E-state index in [1.54, 1.807) is 0 Å². The predicted octanol–water partition coefficient (Wildman–Crippen LogP) is 2.68. The van der Waals surface area contributed by atoms with Gasteiger partial charge in [-0.15, -0.1) is 0 Å². The molecule has 0 N–H and O–H groups in total. The highest BCUT2D eigenvalue weighted by atomic mass is 16.5. The van der Waals surface area contributed by atoms with E-state index in [1.807, 2.05) is 31.2 Å². The van der Waals surface area contributed by atoms with E-state index in [-0.39, 0.29) is 0 Å². The van der Waals surface area contributed by atoms with Crippen molar-refractivity contribution in [3.8, 4) is 5.75 Å². The summed E-state index contributed by atoms with van der Waals surface area (Å²) in [4.78, 5) is 2.63. The Balaban J connectivity index is 2.40. The Morgan fingerprint density at radius 3 is 3.08 bits per heavy atom.